The Hall–Kier alpha value is -1.09. The smallest absolute Gasteiger partial charge is 0.102 e. The van der Waals surface area contributed by atoms with E-state index in [9.17, 15) is 0 Å². The molecule has 0 aliphatic heterocycles. The predicted octanol–water partition coefficient (Wildman–Crippen LogP) is 3.37. The van der Waals surface area contributed by atoms with E-state index in [1.807, 2.05) is 10.9 Å². The van der Waals surface area contributed by atoms with E-state index >= 15 is 0 Å². The molecule has 0 aliphatic rings. The molecule has 2 aromatic rings. The Bertz CT molecular complexity index is 407. The molecule has 0 bridgehead atoms. The molecule has 0 N–H and O–H groups in total. The van der Waals surface area contributed by atoms with Crippen LogP contribution in [-0.2, 0) is 5.54 Å². The van der Waals surface area contributed by atoms with Crippen LogP contribution < -0.4 is 0 Å². The van der Waals surface area contributed by atoms with Gasteiger partial charge in [0, 0.05) is 6.20 Å². The third-order valence-electron chi connectivity index (χ3n) is 2.05. The molecule has 2 aromatic heterocycles. The van der Waals surface area contributed by atoms with E-state index in [0.29, 0.717) is 0 Å². The summed E-state index contributed by atoms with van der Waals surface area (Å²) in [4.78, 5) is 1.23. The van der Waals surface area contributed by atoms with Crippen LogP contribution in [0.25, 0.3) is 10.6 Å². The molecule has 0 saturated carbocycles. The molecule has 0 aliphatic carbocycles. The molecule has 74 valence electrons. The molecular formula is C11H14N2S. The SMILES string of the molecule is CC(C)(C)n1ccc(-c2cccs2)n1. The molecule has 14 heavy (non-hydrogen) atoms. The van der Waals surface area contributed by atoms with Gasteiger partial charge in [-0.3, -0.25) is 4.68 Å². The highest BCUT2D eigenvalue weighted by Gasteiger charge is 2.14. The summed E-state index contributed by atoms with van der Waals surface area (Å²) in [5, 5.41) is 6.63. The zero-order chi connectivity index (χ0) is 10.2. The van der Waals surface area contributed by atoms with Gasteiger partial charge in [0.2, 0.25) is 0 Å². The monoisotopic (exact) mass is 206 g/mol. The Morgan fingerprint density at radius 2 is 2.07 bits per heavy atom. The topological polar surface area (TPSA) is 17.8 Å². The summed E-state index contributed by atoms with van der Waals surface area (Å²) in [5.74, 6) is 0. The van der Waals surface area contributed by atoms with Crippen LogP contribution in [0.3, 0.4) is 0 Å². The van der Waals surface area contributed by atoms with Crippen molar-refractivity contribution in [1.29, 1.82) is 0 Å². The lowest BCUT2D eigenvalue weighted by Gasteiger charge is -2.18. The van der Waals surface area contributed by atoms with Gasteiger partial charge >= 0.3 is 0 Å². The summed E-state index contributed by atoms with van der Waals surface area (Å²) < 4.78 is 2.00. The Morgan fingerprint density at radius 3 is 2.57 bits per heavy atom. The minimum atomic E-state index is 0.0650. The number of hydrogen-bond donors (Lipinski definition) is 0. The third kappa shape index (κ3) is 1.73. The molecule has 0 amide bonds. The summed E-state index contributed by atoms with van der Waals surface area (Å²) in [7, 11) is 0. The second kappa shape index (κ2) is 3.24. The van der Waals surface area contributed by atoms with E-state index in [1.165, 1.54) is 4.88 Å². The van der Waals surface area contributed by atoms with Gasteiger partial charge in [-0.05, 0) is 38.3 Å². The molecule has 2 nitrogen and oxygen atoms in total. The summed E-state index contributed by atoms with van der Waals surface area (Å²) in [6, 6.07) is 6.22. The number of nitrogens with zero attached hydrogens (tertiary/aromatic N) is 2. The van der Waals surface area contributed by atoms with Crippen molar-refractivity contribution in [3.63, 3.8) is 0 Å². The first-order valence-electron chi connectivity index (χ1n) is 4.67. The predicted molar refractivity (Wildman–Crippen MR) is 60.5 cm³/mol. The van der Waals surface area contributed by atoms with Crippen LogP contribution in [0.1, 0.15) is 20.8 Å². The number of aromatic nitrogens is 2. The largest absolute Gasteiger partial charge is 0.267 e. The Kier molecular flexibility index (Phi) is 2.19. The summed E-state index contributed by atoms with van der Waals surface area (Å²) in [5.41, 5.74) is 1.13. The summed E-state index contributed by atoms with van der Waals surface area (Å²) in [6.07, 6.45) is 2.04. The van der Waals surface area contributed by atoms with E-state index in [2.05, 4.69) is 49.4 Å². The molecular weight excluding hydrogens is 192 g/mol. The fourth-order valence-electron chi connectivity index (χ4n) is 1.25. The second-order valence-corrected chi connectivity index (χ2v) is 5.24. The van der Waals surface area contributed by atoms with Gasteiger partial charge < -0.3 is 0 Å². The van der Waals surface area contributed by atoms with Gasteiger partial charge in [-0.15, -0.1) is 11.3 Å². The number of thiophene rings is 1. The van der Waals surface area contributed by atoms with E-state index < -0.39 is 0 Å². The van der Waals surface area contributed by atoms with E-state index in [0.717, 1.165) is 5.69 Å². The van der Waals surface area contributed by atoms with Gasteiger partial charge in [0.05, 0.1) is 10.4 Å². The molecule has 0 unspecified atom stereocenters. The van der Waals surface area contributed by atoms with Crippen LogP contribution >= 0.6 is 11.3 Å². The minimum absolute atomic E-state index is 0.0650. The molecule has 0 spiro atoms. The molecule has 2 heterocycles. The highest BCUT2D eigenvalue weighted by Crippen LogP contribution is 2.24. The highest BCUT2D eigenvalue weighted by molar-refractivity contribution is 7.13. The van der Waals surface area contributed by atoms with Gasteiger partial charge in [-0.1, -0.05) is 6.07 Å². The molecule has 0 radical (unpaired) electrons. The summed E-state index contributed by atoms with van der Waals surface area (Å²) >= 11 is 1.72. The zero-order valence-corrected chi connectivity index (χ0v) is 9.51. The van der Waals surface area contributed by atoms with Crippen LogP contribution in [0.4, 0.5) is 0 Å². The number of rotatable bonds is 1. The first-order chi connectivity index (χ1) is 6.57. The first-order valence-corrected chi connectivity index (χ1v) is 5.55. The fraction of sp³-hybridized carbons (Fsp3) is 0.364. The quantitative estimate of drug-likeness (QED) is 0.699. The molecule has 0 fully saturated rings. The zero-order valence-electron chi connectivity index (χ0n) is 8.69. The van der Waals surface area contributed by atoms with Crippen molar-refractivity contribution in [2.75, 3.05) is 0 Å². The average molecular weight is 206 g/mol. The fourth-order valence-corrected chi connectivity index (χ4v) is 1.94. The van der Waals surface area contributed by atoms with Crippen molar-refractivity contribution in [2.45, 2.75) is 26.3 Å². The first kappa shape index (κ1) is 9.46. The van der Waals surface area contributed by atoms with Crippen molar-refractivity contribution in [3.05, 3.63) is 29.8 Å². The second-order valence-electron chi connectivity index (χ2n) is 4.29. The lowest BCUT2D eigenvalue weighted by atomic mass is 10.1. The standard InChI is InChI=1S/C11H14N2S/c1-11(2,3)13-7-6-9(12-13)10-5-4-8-14-10/h4-8H,1-3H3. The van der Waals surface area contributed by atoms with Crippen molar-refractivity contribution in [3.8, 4) is 10.6 Å². The lowest BCUT2D eigenvalue weighted by molar-refractivity contribution is 0.356. The van der Waals surface area contributed by atoms with Crippen LogP contribution in [0, 0.1) is 0 Å². The van der Waals surface area contributed by atoms with Gasteiger partial charge in [0.1, 0.15) is 5.69 Å². The van der Waals surface area contributed by atoms with Crippen molar-refractivity contribution >= 4 is 11.3 Å². The normalized spacial score (nSPS) is 11.9. The van der Waals surface area contributed by atoms with Crippen LogP contribution in [0.15, 0.2) is 29.8 Å². The highest BCUT2D eigenvalue weighted by atomic mass is 32.1. The lowest BCUT2D eigenvalue weighted by Crippen LogP contribution is -2.22. The minimum Gasteiger partial charge on any atom is -0.267 e. The third-order valence-corrected chi connectivity index (χ3v) is 2.94. The summed E-state index contributed by atoms with van der Waals surface area (Å²) in [6.45, 7) is 6.45. The van der Waals surface area contributed by atoms with Crippen molar-refractivity contribution in [1.82, 2.24) is 9.78 Å². The van der Waals surface area contributed by atoms with Crippen molar-refractivity contribution < 1.29 is 0 Å². The maximum absolute atomic E-state index is 4.55. The molecule has 3 heteroatoms. The maximum atomic E-state index is 4.55. The van der Waals surface area contributed by atoms with Gasteiger partial charge in [0.15, 0.2) is 0 Å². The van der Waals surface area contributed by atoms with Crippen LogP contribution in [0.5, 0.6) is 0 Å². The Morgan fingerprint density at radius 1 is 1.29 bits per heavy atom. The van der Waals surface area contributed by atoms with Gasteiger partial charge in [-0.25, -0.2) is 0 Å². The Balaban J connectivity index is 2.36. The molecule has 0 atom stereocenters. The van der Waals surface area contributed by atoms with E-state index in [1.54, 1.807) is 11.3 Å². The van der Waals surface area contributed by atoms with Gasteiger partial charge in [-0.2, -0.15) is 5.10 Å². The van der Waals surface area contributed by atoms with Crippen molar-refractivity contribution in [2.24, 2.45) is 0 Å². The van der Waals surface area contributed by atoms with Gasteiger partial charge in [0.25, 0.3) is 0 Å². The molecule has 2 rings (SSSR count). The number of hydrogen-bond acceptors (Lipinski definition) is 2. The van der Waals surface area contributed by atoms with E-state index in [-0.39, 0.29) is 5.54 Å². The molecule has 0 saturated heterocycles. The van der Waals surface area contributed by atoms with Crippen LogP contribution in [-0.4, -0.2) is 9.78 Å². The average Bonchev–Trinajstić information content (AvgIpc) is 2.73. The molecule has 0 aromatic carbocycles. The van der Waals surface area contributed by atoms with E-state index in [4.69, 9.17) is 0 Å². The maximum Gasteiger partial charge on any atom is 0.102 e. The Labute approximate surface area is 88.2 Å². The van der Waals surface area contributed by atoms with Crippen LogP contribution in [0.2, 0.25) is 0 Å².